The Labute approximate surface area is 164 Å². The maximum Gasteiger partial charge on any atom is 0.416 e. The summed E-state index contributed by atoms with van der Waals surface area (Å²) in [5, 5.41) is 3.68. The topological polar surface area (TPSA) is 41.5 Å². The van der Waals surface area contributed by atoms with E-state index in [1.807, 2.05) is 13.8 Å². The quantitative estimate of drug-likeness (QED) is 0.370. The fourth-order valence-electron chi connectivity index (χ4n) is 2.20. The van der Waals surface area contributed by atoms with Crippen LogP contribution in [-0.2, 0) is 23.6 Å². The zero-order valence-electron chi connectivity index (χ0n) is 15.7. The molecular weight excluding hydrogens is 398 g/mol. The second kappa shape index (κ2) is 10.6. The van der Waals surface area contributed by atoms with Crippen molar-refractivity contribution in [2.45, 2.75) is 39.0 Å². The molecule has 0 aliphatic rings. The number of carbonyl (C=O) groups excluding carboxylic acids is 1. The molecule has 29 heavy (non-hydrogen) atoms. The Morgan fingerprint density at radius 2 is 1.45 bits per heavy atom. The van der Waals surface area contributed by atoms with Gasteiger partial charge >= 0.3 is 12.4 Å². The first-order chi connectivity index (χ1) is 13.6. The van der Waals surface area contributed by atoms with Crippen molar-refractivity contribution in [3.8, 4) is 0 Å². The van der Waals surface area contributed by atoms with Crippen LogP contribution in [0.4, 0.5) is 26.3 Å². The highest BCUT2D eigenvalue weighted by Crippen LogP contribution is 2.36. The average Bonchev–Trinajstić information content (AvgIpc) is 2.67. The van der Waals surface area contributed by atoms with E-state index in [4.69, 9.17) is 0 Å². The van der Waals surface area contributed by atoms with Crippen LogP contribution in [0.15, 0.2) is 53.6 Å². The number of hydrogen-bond donors (Lipinski definition) is 1. The van der Waals surface area contributed by atoms with Gasteiger partial charge in [0.05, 0.1) is 17.3 Å². The minimum absolute atomic E-state index is 0.0493. The van der Waals surface area contributed by atoms with E-state index in [2.05, 4.69) is 10.5 Å². The second-order valence-electron chi connectivity index (χ2n) is 5.62. The lowest BCUT2D eigenvalue weighted by atomic mass is 10.0. The number of hydrazone groups is 1. The molecule has 3 nitrogen and oxygen atoms in total. The fraction of sp³-hybridized carbons (Fsp3) is 0.300. The summed E-state index contributed by atoms with van der Waals surface area (Å²) < 4.78 is 76.8. The summed E-state index contributed by atoms with van der Waals surface area (Å²) in [6.45, 7) is 4.00. The Kier molecular flexibility index (Phi) is 8.87. The summed E-state index contributed by atoms with van der Waals surface area (Å²) in [6.07, 6.45) is -9.08. The van der Waals surface area contributed by atoms with Crippen molar-refractivity contribution in [3.05, 3.63) is 70.8 Å². The maximum atomic E-state index is 12.8. The van der Waals surface area contributed by atoms with Crippen LogP contribution in [0.2, 0.25) is 0 Å². The highest BCUT2D eigenvalue weighted by molar-refractivity contribution is 5.82. The van der Waals surface area contributed by atoms with E-state index < -0.39 is 29.4 Å². The van der Waals surface area contributed by atoms with Crippen LogP contribution < -0.4 is 5.43 Å². The van der Waals surface area contributed by atoms with E-state index in [9.17, 15) is 31.1 Å². The first-order valence-corrected chi connectivity index (χ1v) is 8.71. The molecule has 1 amide bonds. The Balaban J connectivity index is 0.00000204. The summed E-state index contributed by atoms with van der Waals surface area (Å²) in [4.78, 5) is 11.7. The molecule has 2 aromatic carbocycles. The molecule has 1 N–H and O–H groups in total. The van der Waals surface area contributed by atoms with E-state index >= 15 is 0 Å². The number of nitrogens with one attached hydrogen (secondary N) is 1. The van der Waals surface area contributed by atoms with Crippen molar-refractivity contribution in [1.29, 1.82) is 0 Å². The van der Waals surface area contributed by atoms with Crippen molar-refractivity contribution < 1.29 is 31.1 Å². The van der Waals surface area contributed by atoms with Crippen molar-refractivity contribution in [2.75, 3.05) is 0 Å². The van der Waals surface area contributed by atoms with Gasteiger partial charge in [-0.25, -0.2) is 5.43 Å². The molecular formula is C20H20F6N2O. The lowest BCUT2D eigenvalue weighted by Gasteiger charge is -2.14. The third-order valence-corrected chi connectivity index (χ3v) is 3.49. The van der Waals surface area contributed by atoms with Gasteiger partial charge in [-0.15, -0.1) is 0 Å². The number of amides is 1. The smallest absolute Gasteiger partial charge is 0.273 e. The fourth-order valence-corrected chi connectivity index (χ4v) is 2.20. The molecule has 2 rings (SSSR count). The van der Waals surface area contributed by atoms with Crippen molar-refractivity contribution in [1.82, 2.24) is 5.43 Å². The molecule has 0 bridgehead atoms. The molecule has 0 unspecified atom stereocenters. The third-order valence-electron chi connectivity index (χ3n) is 3.49. The highest BCUT2D eigenvalue weighted by Gasteiger charge is 2.36. The van der Waals surface area contributed by atoms with Crippen LogP contribution in [-0.4, -0.2) is 12.1 Å². The number of benzene rings is 2. The van der Waals surface area contributed by atoms with Gasteiger partial charge in [0, 0.05) is 6.42 Å². The zero-order valence-corrected chi connectivity index (χ0v) is 15.7. The van der Waals surface area contributed by atoms with Crippen molar-refractivity contribution in [2.24, 2.45) is 5.10 Å². The molecule has 0 aliphatic carbocycles. The van der Waals surface area contributed by atoms with Crippen LogP contribution in [0.5, 0.6) is 0 Å². The lowest BCUT2D eigenvalue weighted by molar-refractivity contribution is -0.143. The number of aryl methyl sites for hydroxylation is 1. The van der Waals surface area contributed by atoms with Crippen LogP contribution in [0.3, 0.4) is 0 Å². The highest BCUT2D eigenvalue weighted by atomic mass is 19.4. The summed E-state index contributed by atoms with van der Waals surface area (Å²) >= 11 is 0. The molecule has 0 fully saturated rings. The van der Waals surface area contributed by atoms with Gasteiger partial charge in [0.2, 0.25) is 5.91 Å². The standard InChI is InChI=1S/C18H14F6N2O.C2H6/c19-17(20,21)14-8-13(9-15(10-14)18(22,23)24)6-7-16(27)26-25-11-12-4-2-1-3-5-12;1-2/h1-5,8-11H,6-7H2,(H,26,27);1-2H3/b25-11+;. The molecule has 0 aliphatic heterocycles. The van der Waals surface area contributed by atoms with E-state index in [0.717, 1.165) is 0 Å². The second-order valence-corrected chi connectivity index (χ2v) is 5.62. The molecule has 0 saturated heterocycles. The van der Waals surface area contributed by atoms with Crippen LogP contribution >= 0.6 is 0 Å². The molecule has 0 atom stereocenters. The minimum Gasteiger partial charge on any atom is -0.273 e. The average molecular weight is 418 g/mol. The Morgan fingerprint density at radius 3 is 1.93 bits per heavy atom. The van der Waals surface area contributed by atoms with E-state index in [1.54, 1.807) is 30.3 Å². The summed E-state index contributed by atoms with van der Waals surface area (Å²) in [6, 6.07) is 10.0. The van der Waals surface area contributed by atoms with Gasteiger partial charge in [0.1, 0.15) is 0 Å². The third kappa shape index (κ3) is 8.37. The first-order valence-electron chi connectivity index (χ1n) is 8.71. The number of hydrogen-bond acceptors (Lipinski definition) is 2. The number of rotatable bonds is 5. The molecule has 0 radical (unpaired) electrons. The van der Waals surface area contributed by atoms with E-state index in [1.165, 1.54) is 6.21 Å². The van der Waals surface area contributed by atoms with E-state index in [-0.39, 0.29) is 24.5 Å². The zero-order chi connectivity index (χ0) is 22.1. The van der Waals surface area contributed by atoms with Crippen molar-refractivity contribution >= 4 is 12.1 Å². The van der Waals surface area contributed by atoms with Crippen LogP contribution in [0, 0.1) is 0 Å². The minimum atomic E-state index is -4.92. The van der Waals surface area contributed by atoms with Gasteiger partial charge in [-0.2, -0.15) is 31.4 Å². The number of nitrogens with zero attached hydrogens (tertiary/aromatic N) is 1. The molecule has 0 heterocycles. The lowest BCUT2D eigenvalue weighted by Crippen LogP contribution is -2.18. The van der Waals surface area contributed by atoms with Gasteiger partial charge < -0.3 is 0 Å². The van der Waals surface area contributed by atoms with Crippen LogP contribution in [0.25, 0.3) is 0 Å². The maximum absolute atomic E-state index is 12.8. The summed E-state index contributed by atoms with van der Waals surface area (Å²) in [5.74, 6) is -0.631. The number of carbonyl (C=O) groups is 1. The van der Waals surface area contributed by atoms with Gasteiger partial charge in [-0.1, -0.05) is 44.2 Å². The van der Waals surface area contributed by atoms with Crippen LogP contribution in [0.1, 0.15) is 42.5 Å². The normalized spacial score (nSPS) is 11.7. The Morgan fingerprint density at radius 1 is 0.931 bits per heavy atom. The molecule has 2 aromatic rings. The van der Waals surface area contributed by atoms with Crippen molar-refractivity contribution in [3.63, 3.8) is 0 Å². The summed E-state index contributed by atoms with van der Waals surface area (Å²) in [5.41, 5.74) is -0.161. The monoisotopic (exact) mass is 418 g/mol. The van der Waals surface area contributed by atoms with Gasteiger partial charge in [0.25, 0.3) is 0 Å². The van der Waals surface area contributed by atoms with E-state index in [0.29, 0.717) is 17.7 Å². The SMILES string of the molecule is CC.O=C(CCc1cc(C(F)(F)F)cc(C(F)(F)F)c1)N/N=C/c1ccccc1. The predicted molar refractivity (Wildman–Crippen MR) is 98.3 cm³/mol. The molecule has 158 valence electrons. The van der Waals surface area contributed by atoms with Gasteiger partial charge in [-0.05, 0) is 35.7 Å². The first kappa shape index (κ1) is 24.2. The summed E-state index contributed by atoms with van der Waals surface area (Å²) in [7, 11) is 0. The largest absolute Gasteiger partial charge is 0.416 e. The van der Waals surface area contributed by atoms with Gasteiger partial charge in [-0.3, -0.25) is 4.79 Å². The molecule has 0 aromatic heterocycles. The number of alkyl halides is 6. The molecule has 9 heteroatoms. The Bertz CT molecular complexity index is 782. The molecule has 0 spiro atoms. The number of halogens is 6. The predicted octanol–water partition coefficient (Wildman–Crippen LogP) is 5.83. The Hall–Kier alpha value is -2.84. The van der Waals surface area contributed by atoms with Gasteiger partial charge in [0.15, 0.2) is 0 Å². The molecule has 0 saturated carbocycles.